The summed E-state index contributed by atoms with van der Waals surface area (Å²) in [7, 11) is 0. The molecule has 17 heavy (non-hydrogen) atoms. The lowest BCUT2D eigenvalue weighted by atomic mass is 9.99. The van der Waals surface area contributed by atoms with E-state index in [0.29, 0.717) is 5.56 Å². The number of benzene rings is 2. The molecule has 0 aliphatic rings. The Balaban J connectivity index is 2.58. The molecule has 3 heteroatoms. The van der Waals surface area contributed by atoms with Crippen LogP contribution in [0.5, 0.6) is 0 Å². The van der Waals surface area contributed by atoms with Crippen LogP contribution in [0.3, 0.4) is 0 Å². The van der Waals surface area contributed by atoms with Gasteiger partial charge in [-0.15, -0.1) is 0 Å². The summed E-state index contributed by atoms with van der Waals surface area (Å²) in [5.41, 5.74) is 2.37. The van der Waals surface area contributed by atoms with Gasteiger partial charge in [-0.25, -0.2) is 9.18 Å². The van der Waals surface area contributed by atoms with Gasteiger partial charge in [0.05, 0.1) is 5.56 Å². The highest BCUT2D eigenvalue weighted by atomic mass is 19.1. The van der Waals surface area contributed by atoms with Crippen LogP contribution in [0.4, 0.5) is 4.39 Å². The fourth-order valence-corrected chi connectivity index (χ4v) is 1.68. The SMILES string of the molecule is Cc1ccc(-c2ccc(F)cc2C(=O)O)cc1. The van der Waals surface area contributed by atoms with E-state index in [1.54, 1.807) is 0 Å². The molecular weight excluding hydrogens is 219 g/mol. The quantitative estimate of drug-likeness (QED) is 0.857. The molecule has 0 bridgehead atoms. The van der Waals surface area contributed by atoms with Crippen molar-refractivity contribution in [3.05, 3.63) is 59.4 Å². The van der Waals surface area contributed by atoms with E-state index in [9.17, 15) is 9.18 Å². The predicted molar refractivity (Wildman–Crippen MR) is 63.5 cm³/mol. The van der Waals surface area contributed by atoms with Gasteiger partial charge in [0.15, 0.2) is 0 Å². The van der Waals surface area contributed by atoms with E-state index < -0.39 is 11.8 Å². The molecule has 0 aliphatic heterocycles. The van der Waals surface area contributed by atoms with E-state index in [0.717, 1.165) is 17.2 Å². The average molecular weight is 230 g/mol. The first kappa shape index (κ1) is 11.3. The number of carboxylic acids is 1. The molecule has 2 aromatic rings. The summed E-state index contributed by atoms with van der Waals surface area (Å²) in [6.07, 6.45) is 0. The highest BCUT2D eigenvalue weighted by molar-refractivity contribution is 5.96. The van der Waals surface area contributed by atoms with Crippen LogP contribution in [0.2, 0.25) is 0 Å². The molecule has 0 aromatic heterocycles. The number of rotatable bonds is 2. The van der Waals surface area contributed by atoms with E-state index in [-0.39, 0.29) is 5.56 Å². The molecule has 0 radical (unpaired) electrons. The van der Waals surface area contributed by atoms with Crippen molar-refractivity contribution in [1.29, 1.82) is 0 Å². The van der Waals surface area contributed by atoms with Crippen LogP contribution >= 0.6 is 0 Å². The Hall–Kier alpha value is -2.16. The summed E-state index contributed by atoms with van der Waals surface area (Å²) in [5.74, 6) is -1.67. The van der Waals surface area contributed by atoms with Gasteiger partial charge in [0, 0.05) is 0 Å². The predicted octanol–water partition coefficient (Wildman–Crippen LogP) is 3.50. The molecule has 0 saturated heterocycles. The molecular formula is C14H11FO2. The Morgan fingerprint density at radius 2 is 1.76 bits per heavy atom. The van der Waals surface area contributed by atoms with Gasteiger partial charge in [-0.3, -0.25) is 0 Å². The molecule has 0 unspecified atom stereocenters. The minimum Gasteiger partial charge on any atom is -0.478 e. The maximum Gasteiger partial charge on any atom is 0.336 e. The number of aromatic carboxylic acids is 1. The molecule has 2 rings (SSSR count). The number of halogens is 1. The van der Waals surface area contributed by atoms with Gasteiger partial charge in [-0.2, -0.15) is 0 Å². The zero-order valence-corrected chi connectivity index (χ0v) is 9.27. The Morgan fingerprint density at radius 1 is 1.12 bits per heavy atom. The van der Waals surface area contributed by atoms with E-state index >= 15 is 0 Å². The molecule has 0 atom stereocenters. The standard InChI is InChI=1S/C14H11FO2/c1-9-2-4-10(5-3-9)12-7-6-11(15)8-13(12)14(16)17/h2-8H,1H3,(H,16,17). The van der Waals surface area contributed by atoms with Crippen molar-refractivity contribution in [2.45, 2.75) is 6.92 Å². The lowest BCUT2D eigenvalue weighted by Crippen LogP contribution is -2.00. The third-order valence-corrected chi connectivity index (χ3v) is 2.57. The van der Waals surface area contributed by atoms with Gasteiger partial charge < -0.3 is 5.11 Å². The first-order chi connectivity index (χ1) is 8.08. The van der Waals surface area contributed by atoms with Crippen LogP contribution in [0.15, 0.2) is 42.5 Å². The lowest BCUT2D eigenvalue weighted by molar-refractivity contribution is 0.0697. The molecule has 0 spiro atoms. The first-order valence-electron chi connectivity index (χ1n) is 5.18. The minimum atomic E-state index is -1.12. The minimum absolute atomic E-state index is 0.0196. The summed E-state index contributed by atoms with van der Waals surface area (Å²) in [6, 6.07) is 11.2. The van der Waals surface area contributed by atoms with Crippen LogP contribution in [-0.2, 0) is 0 Å². The van der Waals surface area contributed by atoms with Crippen molar-refractivity contribution < 1.29 is 14.3 Å². The largest absolute Gasteiger partial charge is 0.478 e. The third-order valence-electron chi connectivity index (χ3n) is 2.57. The maximum atomic E-state index is 13.0. The Bertz CT molecular complexity index is 559. The number of carboxylic acid groups (broad SMARTS) is 1. The van der Waals surface area contributed by atoms with Crippen molar-refractivity contribution >= 4 is 5.97 Å². The van der Waals surface area contributed by atoms with Gasteiger partial charge in [-0.05, 0) is 30.2 Å². The third kappa shape index (κ3) is 2.33. The summed E-state index contributed by atoms with van der Waals surface area (Å²) < 4.78 is 13.0. The zero-order chi connectivity index (χ0) is 12.4. The number of aryl methyl sites for hydroxylation is 1. The summed E-state index contributed by atoms with van der Waals surface area (Å²) in [6.45, 7) is 1.95. The van der Waals surface area contributed by atoms with Crippen LogP contribution < -0.4 is 0 Å². The van der Waals surface area contributed by atoms with Gasteiger partial charge in [0.25, 0.3) is 0 Å². The zero-order valence-electron chi connectivity index (χ0n) is 9.27. The van der Waals surface area contributed by atoms with Crippen molar-refractivity contribution in [3.63, 3.8) is 0 Å². The Kier molecular flexibility index (Phi) is 2.91. The van der Waals surface area contributed by atoms with Gasteiger partial charge in [-0.1, -0.05) is 35.9 Å². The molecule has 1 N–H and O–H groups in total. The van der Waals surface area contributed by atoms with Crippen molar-refractivity contribution in [2.75, 3.05) is 0 Å². The van der Waals surface area contributed by atoms with Crippen LogP contribution in [0, 0.1) is 12.7 Å². The van der Waals surface area contributed by atoms with Crippen molar-refractivity contribution in [1.82, 2.24) is 0 Å². The van der Waals surface area contributed by atoms with Gasteiger partial charge >= 0.3 is 5.97 Å². The summed E-state index contributed by atoms with van der Waals surface area (Å²) >= 11 is 0. The summed E-state index contributed by atoms with van der Waals surface area (Å²) in [4.78, 5) is 11.0. The Morgan fingerprint density at radius 3 is 2.35 bits per heavy atom. The van der Waals surface area contributed by atoms with Crippen molar-refractivity contribution in [3.8, 4) is 11.1 Å². The fraction of sp³-hybridized carbons (Fsp3) is 0.0714. The second-order valence-corrected chi connectivity index (χ2v) is 3.86. The van der Waals surface area contributed by atoms with Gasteiger partial charge in [0.2, 0.25) is 0 Å². The smallest absolute Gasteiger partial charge is 0.336 e. The first-order valence-corrected chi connectivity index (χ1v) is 5.18. The van der Waals surface area contributed by atoms with Crippen LogP contribution in [-0.4, -0.2) is 11.1 Å². The molecule has 0 amide bonds. The van der Waals surface area contributed by atoms with E-state index in [1.165, 1.54) is 12.1 Å². The highest BCUT2D eigenvalue weighted by Gasteiger charge is 2.12. The molecule has 0 fully saturated rings. The van der Waals surface area contributed by atoms with Gasteiger partial charge in [0.1, 0.15) is 5.82 Å². The van der Waals surface area contributed by atoms with E-state index in [2.05, 4.69) is 0 Å². The number of hydrogen-bond acceptors (Lipinski definition) is 1. The Labute approximate surface area is 98.3 Å². The topological polar surface area (TPSA) is 37.3 Å². The van der Waals surface area contributed by atoms with Crippen LogP contribution in [0.25, 0.3) is 11.1 Å². The molecule has 0 heterocycles. The lowest BCUT2D eigenvalue weighted by Gasteiger charge is -2.06. The second-order valence-electron chi connectivity index (χ2n) is 3.86. The molecule has 2 nitrogen and oxygen atoms in total. The van der Waals surface area contributed by atoms with Crippen LogP contribution in [0.1, 0.15) is 15.9 Å². The highest BCUT2D eigenvalue weighted by Crippen LogP contribution is 2.24. The van der Waals surface area contributed by atoms with E-state index in [4.69, 9.17) is 5.11 Å². The fourth-order valence-electron chi connectivity index (χ4n) is 1.68. The molecule has 0 saturated carbocycles. The second kappa shape index (κ2) is 4.37. The average Bonchev–Trinajstić information content (AvgIpc) is 2.30. The maximum absolute atomic E-state index is 13.0. The molecule has 86 valence electrons. The number of carbonyl (C=O) groups is 1. The molecule has 0 aliphatic carbocycles. The monoisotopic (exact) mass is 230 g/mol. The molecule has 2 aromatic carbocycles. The van der Waals surface area contributed by atoms with Crippen molar-refractivity contribution in [2.24, 2.45) is 0 Å². The van der Waals surface area contributed by atoms with E-state index in [1.807, 2.05) is 31.2 Å². The summed E-state index contributed by atoms with van der Waals surface area (Å²) in [5, 5.41) is 9.04. The normalized spacial score (nSPS) is 10.2. The number of hydrogen-bond donors (Lipinski definition) is 1.